The van der Waals surface area contributed by atoms with Gasteiger partial charge in [0.1, 0.15) is 29.9 Å². The van der Waals surface area contributed by atoms with Gasteiger partial charge in [0.25, 0.3) is 5.91 Å². The molecule has 3 amide bonds. The summed E-state index contributed by atoms with van der Waals surface area (Å²) in [5, 5.41) is 29.8. The van der Waals surface area contributed by atoms with Crippen LogP contribution in [-0.2, 0) is 27.2 Å². The molecule has 0 aromatic heterocycles. The number of methoxy groups -OCH3 is 1. The van der Waals surface area contributed by atoms with E-state index >= 15 is 0 Å². The fourth-order valence-electron chi connectivity index (χ4n) is 7.22. The zero-order valence-corrected chi connectivity index (χ0v) is 30.6. The molecule has 7 rings (SSSR count). The number of aromatic hydroxyl groups is 1. The molecule has 14 nitrogen and oxygen atoms in total. The first-order valence-corrected chi connectivity index (χ1v) is 18.4. The molecule has 5 N–H and O–H groups in total. The summed E-state index contributed by atoms with van der Waals surface area (Å²) < 4.78 is 22.6. The van der Waals surface area contributed by atoms with Gasteiger partial charge in [-0.25, -0.2) is 9.59 Å². The summed E-state index contributed by atoms with van der Waals surface area (Å²) in [6, 6.07) is 24.3. The molecule has 288 valence electrons. The van der Waals surface area contributed by atoms with E-state index in [1.807, 2.05) is 66.7 Å². The van der Waals surface area contributed by atoms with Crippen LogP contribution < -0.4 is 30.3 Å². The van der Waals surface area contributed by atoms with E-state index in [4.69, 9.17) is 18.9 Å². The van der Waals surface area contributed by atoms with Crippen molar-refractivity contribution in [2.24, 2.45) is 0 Å². The molecule has 1 fully saturated rings. The lowest BCUT2D eigenvalue weighted by Crippen LogP contribution is -2.40. The SMILES string of the molecule is COc1cc2c(cc1CNC[C@H](O)c1ccc(O)c3c1OCC(=O)N3)CCN2C(=O)OCCN1CCC(OC(=O)Nc2ccccc2-c2ccccc2)CC1. The van der Waals surface area contributed by atoms with Crippen molar-refractivity contribution in [1.29, 1.82) is 0 Å². The fourth-order valence-corrected chi connectivity index (χ4v) is 7.22. The van der Waals surface area contributed by atoms with Gasteiger partial charge >= 0.3 is 12.2 Å². The second-order valence-electron chi connectivity index (χ2n) is 13.7. The van der Waals surface area contributed by atoms with Crippen LogP contribution in [0.5, 0.6) is 17.2 Å². The Morgan fingerprint density at radius 2 is 1.80 bits per heavy atom. The molecule has 4 aromatic carbocycles. The summed E-state index contributed by atoms with van der Waals surface area (Å²) in [6.07, 6.45) is -0.0438. The molecule has 0 radical (unpaired) electrons. The van der Waals surface area contributed by atoms with Gasteiger partial charge in [-0.05, 0) is 54.7 Å². The number of nitrogens with one attached hydrogen (secondary N) is 3. The third-order valence-electron chi connectivity index (χ3n) is 10.1. The molecule has 55 heavy (non-hydrogen) atoms. The molecular weight excluding hydrogens is 706 g/mol. The van der Waals surface area contributed by atoms with Crippen LogP contribution in [-0.4, -0.2) is 92.4 Å². The maximum absolute atomic E-state index is 13.2. The minimum absolute atomic E-state index is 0.139. The highest BCUT2D eigenvalue weighted by Gasteiger charge is 2.29. The summed E-state index contributed by atoms with van der Waals surface area (Å²) in [7, 11) is 1.57. The van der Waals surface area contributed by atoms with Gasteiger partial charge in [-0.2, -0.15) is 0 Å². The standard InChI is InChI=1S/C41H45N5O9/c1-52-36-22-33-27(21-28(36)23-42-24-35(48)31-11-12-34(47)38-39(31)54-25-37(49)44-38)13-18-46(33)41(51)53-20-19-45-16-14-29(15-17-45)55-40(50)43-32-10-6-5-9-30(32)26-7-3-2-4-8-26/h2-12,21-22,29,35,42,47-48H,13-20,23-25H2,1H3,(H,43,50)(H,44,49)/t35-/m0/s1. The Bertz CT molecular complexity index is 2020. The van der Waals surface area contributed by atoms with Crippen molar-refractivity contribution in [3.05, 3.63) is 95.6 Å². The van der Waals surface area contributed by atoms with Crippen molar-refractivity contribution in [1.82, 2.24) is 10.2 Å². The number of aliphatic hydroxyl groups is 1. The number of hydrogen-bond donors (Lipinski definition) is 5. The van der Waals surface area contributed by atoms with Crippen LogP contribution in [0.15, 0.2) is 78.9 Å². The van der Waals surface area contributed by atoms with Crippen molar-refractivity contribution >= 4 is 35.2 Å². The summed E-state index contributed by atoms with van der Waals surface area (Å²) in [4.78, 5) is 41.5. The van der Waals surface area contributed by atoms with Gasteiger partial charge < -0.3 is 39.8 Å². The lowest BCUT2D eigenvalue weighted by atomic mass is 10.0. The van der Waals surface area contributed by atoms with Crippen molar-refractivity contribution in [2.75, 3.05) is 68.6 Å². The first kappa shape index (κ1) is 37.5. The third kappa shape index (κ3) is 8.78. The lowest BCUT2D eigenvalue weighted by Gasteiger charge is -2.31. The van der Waals surface area contributed by atoms with Crippen molar-refractivity contribution in [3.8, 4) is 28.4 Å². The van der Waals surface area contributed by atoms with Crippen LogP contribution >= 0.6 is 0 Å². The van der Waals surface area contributed by atoms with Crippen LogP contribution in [0.1, 0.15) is 35.6 Å². The number of amides is 3. The van der Waals surface area contributed by atoms with Crippen LogP contribution in [0.25, 0.3) is 11.1 Å². The van der Waals surface area contributed by atoms with Gasteiger partial charge in [0.2, 0.25) is 0 Å². The van der Waals surface area contributed by atoms with E-state index in [0.717, 1.165) is 41.0 Å². The molecule has 1 atom stereocenters. The Hall–Kier alpha value is -5.83. The molecule has 1 saturated heterocycles. The average molecular weight is 752 g/mol. The molecular formula is C41H45N5O9. The third-order valence-corrected chi connectivity index (χ3v) is 10.1. The molecule has 0 aliphatic carbocycles. The molecule has 4 aromatic rings. The monoisotopic (exact) mass is 751 g/mol. The number of para-hydroxylation sites is 1. The quantitative estimate of drug-likeness (QED) is 0.117. The molecule has 3 aliphatic rings. The minimum atomic E-state index is -0.977. The normalized spacial score (nSPS) is 16.0. The predicted octanol–water partition coefficient (Wildman–Crippen LogP) is 5.43. The summed E-state index contributed by atoms with van der Waals surface area (Å²) in [5.41, 5.74) is 5.81. The predicted molar refractivity (Wildman–Crippen MR) is 206 cm³/mol. The van der Waals surface area contributed by atoms with E-state index in [-0.39, 0.29) is 49.0 Å². The summed E-state index contributed by atoms with van der Waals surface area (Å²) >= 11 is 0. The molecule has 0 unspecified atom stereocenters. The number of nitrogens with zero attached hydrogens (tertiary/aromatic N) is 2. The first-order chi connectivity index (χ1) is 26.8. The highest BCUT2D eigenvalue weighted by molar-refractivity contribution is 5.97. The number of likely N-dealkylation sites (tertiary alicyclic amines) is 1. The summed E-state index contributed by atoms with van der Waals surface area (Å²) in [5.74, 6) is 0.314. The fraction of sp³-hybridized carbons (Fsp3) is 0.341. The van der Waals surface area contributed by atoms with Gasteiger partial charge in [0.05, 0.1) is 24.6 Å². The van der Waals surface area contributed by atoms with Crippen LogP contribution in [0.2, 0.25) is 0 Å². The number of phenolic OH excluding ortho intramolecular Hbond substituents is 1. The number of anilines is 3. The number of carbonyl (C=O) groups excluding carboxylic acids is 3. The Labute approximate surface area is 318 Å². The zero-order chi connectivity index (χ0) is 38.3. The number of benzene rings is 4. The topological polar surface area (TPSA) is 171 Å². The van der Waals surface area contributed by atoms with E-state index in [2.05, 4.69) is 20.9 Å². The Morgan fingerprint density at radius 1 is 1.02 bits per heavy atom. The molecule has 14 heteroatoms. The van der Waals surface area contributed by atoms with Gasteiger partial charge in [-0.3, -0.25) is 19.9 Å². The number of phenols is 1. The molecule has 3 aliphatic heterocycles. The lowest BCUT2D eigenvalue weighted by molar-refractivity contribution is -0.118. The summed E-state index contributed by atoms with van der Waals surface area (Å²) in [6.45, 7) is 3.07. The number of hydrogen-bond acceptors (Lipinski definition) is 11. The molecule has 0 saturated carbocycles. The Balaban J connectivity index is 0.849. The van der Waals surface area contributed by atoms with E-state index < -0.39 is 18.3 Å². The van der Waals surface area contributed by atoms with Gasteiger partial charge in [-0.15, -0.1) is 0 Å². The van der Waals surface area contributed by atoms with E-state index in [0.29, 0.717) is 55.9 Å². The van der Waals surface area contributed by atoms with Gasteiger partial charge in [0, 0.05) is 62.0 Å². The first-order valence-electron chi connectivity index (χ1n) is 18.4. The van der Waals surface area contributed by atoms with Gasteiger partial charge in [-0.1, -0.05) is 48.5 Å². The maximum atomic E-state index is 13.2. The van der Waals surface area contributed by atoms with E-state index in [1.165, 1.54) is 6.07 Å². The Kier molecular flexibility index (Phi) is 11.7. The highest BCUT2D eigenvalue weighted by Crippen LogP contribution is 2.41. The van der Waals surface area contributed by atoms with Crippen LogP contribution in [0, 0.1) is 0 Å². The maximum Gasteiger partial charge on any atom is 0.414 e. The average Bonchev–Trinajstić information content (AvgIpc) is 3.62. The number of rotatable bonds is 12. The smallest absolute Gasteiger partial charge is 0.414 e. The van der Waals surface area contributed by atoms with Crippen LogP contribution in [0.3, 0.4) is 0 Å². The largest absolute Gasteiger partial charge is 0.506 e. The van der Waals surface area contributed by atoms with Crippen molar-refractivity contribution < 1.29 is 43.5 Å². The van der Waals surface area contributed by atoms with Crippen molar-refractivity contribution in [2.45, 2.75) is 38.0 Å². The highest BCUT2D eigenvalue weighted by atomic mass is 16.6. The number of carbonyl (C=O) groups is 3. The van der Waals surface area contributed by atoms with E-state index in [1.54, 1.807) is 18.1 Å². The number of aliphatic hydroxyl groups excluding tert-OH is 1. The molecule has 0 bridgehead atoms. The second kappa shape index (κ2) is 17.1. The molecule has 3 heterocycles. The van der Waals surface area contributed by atoms with Crippen LogP contribution in [0.4, 0.5) is 26.7 Å². The second-order valence-corrected chi connectivity index (χ2v) is 13.7. The van der Waals surface area contributed by atoms with E-state index in [9.17, 15) is 24.6 Å². The number of ether oxygens (including phenoxy) is 4. The zero-order valence-electron chi connectivity index (χ0n) is 30.6. The number of fused-ring (bicyclic) bond motifs is 2. The van der Waals surface area contributed by atoms with Crippen molar-refractivity contribution in [3.63, 3.8) is 0 Å². The molecule has 0 spiro atoms. The number of piperidine rings is 1. The Morgan fingerprint density at radius 3 is 2.60 bits per heavy atom. The minimum Gasteiger partial charge on any atom is -0.506 e. The van der Waals surface area contributed by atoms with Gasteiger partial charge in [0.15, 0.2) is 12.4 Å².